The highest BCUT2D eigenvalue weighted by Crippen LogP contribution is 2.21. The Labute approximate surface area is 126 Å². The van der Waals surface area contributed by atoms with E-state index in [9.17, 15) is 18.8 Å². The highest BCUT2D eigenvalue weighted by molar-refractivity contribution is 6.05. The van der Waals surface area contributed by atoms with Gasteiger partial charge in [0.15, 0.2) is 17.6 Å². The first-order valence-corrected chi connectivity index (χ1v) is 6.25. The summed E-state index contributed by atoms with van der Waals surface area (Å²) in [4.78, 5) is 33.6. The smallest absolute Gasteiger partial charge is 0.316 e. The minimum Gasteiger partial charge on any atom is -0.494 e. The van der Waals surface area contributed by atoms with Crippen LogP contribution in [0.15, 0.2) is 18.2 Å². The molecule has 1 rings (SSSR count). The van der Waals surface area contributed by atoms with Gasteiger partial charge < -0.3 is 26.8 Å². The van der Waals surface area contributed by atoms with Crippen molar-refractivity contribution in [3.63, 3.8) is 0 Å². The summed E-state index contributed by atoms with van der Waals surface area (Å²) >= 11 is 0. The molecule has 120 valence electrons. The van der Waals surface area contributed by atoms with Crippen LogP contribution in [0.1, 0.15) is 18.5 Å². The number of ether oxygens (including phenoxy) is 1. The molecular formula is C13H17FN4O4. The van der Waals surface area contributed by atoms with Gasteiger partial charge in [-0.25, -0.2) is 9.18 Å². The standard InChI is InChI=1S/C13H17FN4O4/c1-6(7-3-4-9(22-2)8(14)5-7)17-13(21)18-10(11(15)19)12(16)20/h3-6,10H,1-2H3,(H2,15,19)(H2,16,20)(H2,17,18,21)/t6-/m0/s1. The van der Waals surface area contributed by atoms with Crippen LogP contribution in [0.5, 0.6) is 5.75 Å². The van der Waals surface area contributed by atoms with Crippen LogP contribution in [0.4, 0.5) is 9.18 Å². The quantitative estimate of drug-likeness (QED) is 0.528. The largest absolute Gasteiger partial charge is 0.494 e. The lowest BCUT2D eigenvalue weighted by Gasteiger charge is -2.18. The maximum atomic E-state index is 13.6. The van der Waals surface area contributed by atoms with Crippen LogP contribution in [0, 0.1) is 5.82 Å². The van der Waals surface area contributed by atoms with Gasteiger partial charge in [-0.05, 0) is 24.6 Å². The third-order valence-corrected chi connectivity index (χ3v) is 2.87. The number of carbonyl (C=O) groups is 3. The first-order valence-electron chi connectivity index (χ1n) is 6.25. The molecule has 0 unspecified atom stereocenters. The molecule has 1 aromatic rings. The monoisotopic (exact) mass is 312 g/mol. The Hall–Kier alpha value is -2.84. The Balaban J connectivity index is 2.73. The zero-order valence-corrected chi connectivity index (χ0v) is 12.1. The van der Waals surface area contributed by atoms with Gasteiger partial charge in [0, 0.05) is 0 Å². The number of nitrogens with one attached hydrogen (secondary N) is 2. The second-order valence-corrected chi connectivity index (χ2v) is 4.47. The van der Waals surface area contributed by atoms with Gasteiger partial charge in [-0.2, -0.15) is 0 Å². The van der Waals surface area contributed by atoms with Crippen LogP contribution in [-0.2, 0) is 9.59 Å². The van der Waals surface area contributed by atoms with Crippen LogP contribution in [0.2, 0.25) is 0 Å². The minimum atomic E-state index is -1.63. The summed E-state index contributed by atoms with van der Waals surface area (Å²) in [5.41, 5.74) is 10.3. The van der Waals surface area contributed by atoms with Gasteiger partial charge in [0.25, 0.3) is 0 Å². The molecule has 6 N–H and O–H groups in total. The van der Waals surface area contributed by atoms with Crippen LogP contribution >= 0.6 is 0 Å². The Kier molecular flexibility index (Phi) is 5.67. The van der Waals surface area contributed by atoms with Gasteiger partial charge in [-0.3, -0.25) is 9.59 Å². The molecule has 0 spiro atoms. The zero-order valence-electron chi connectivity index (χ0n) is 12.1. The molecule has 22 heavy (non-hydrogen) atoms. The van der Waals surface area contributed by atoms with E-state index in [2.05, 4.69) is 5.32 Å². The van der Waals surface area contributed by atoms with E-state index < -0.39 is 35.7 Å². The number of rotatable bonds is 6. The second kappa shape index (κ2) is 7.25. The van der Waals surface area contributed by atoms with E-state index in [0.29, 0.717) is 5.56 Å². The van der Waals surface area contributed by atoms with E-state index in [1.165, 1.54) is 19.2 Å². The Morgan fingerprint density at radius 2 is 1.77 bits per heavy atom. The van der Waals surface area contributed by atoms with E-state index in [1.54, 1.807) is 13.0 Å². The van der Waals surface area contributed by atoms with Gasteiger partial charge in [0.1, 0.15) is 0 Å². The van der Waals surface area contributed by atoms with Crippen molar-refractivity contribution in [2.24, 2.45) is 11.5 Å². The van der Waals surface area contributed by atoms with E-state index in [1.807, 2.05) is 5.32 Å². The number of halogens is 1. The average molecular weight is 312 g/mol. The fourth-order valence-corrected chi connectivity index (χ4v) is 1.69. The van der Waals surface area contributed by atoms with Crippen molar-refractivity contribution in [1.82, 2.24) is 10.6 Å². The van der Waals surface area contributed by atoms with Crippen molar-refractivity contribution in [2.75, 3.05) is 7.11 Å². The van der Waals surface area contributed by atoms with Crippen molar-refractivity contribution < 1.29 is 23.5 Å². The molecule has 0 radical (unpaired) electrons. The Morgan fingerprint density at radius 1 is 1.18 bits per heavy atom. The highest BCUT2D eigenvalue weighted by atomic mass is 19.1. The number of nitrogens with two attached hydrogens (primary N) is 2. The van der Waals surface area contributed by atoms with Gasteiger partial charge in [0.2, 0.25) is 11.8 Å². The van der Waals surface area contributed by atoms with Gasteiger partial charge in [0.05, 0.1) is 13.2 Å². The second-order valence-electron chi connectivity index (χ2n) is 4.47. The molecule has 4 amide bonds. The summed E-state index contributed by atoms with van der Waals surface area (Å²) < 4.78 is 18.4. The van der Waals surface area contributed by atoms with Crippen molar-refractivity contribution in [1.29, 1.82) is 0 Å². The van der Waals surface area contributed by atoms with Crippen LogP contribution in [0.25, 0.3) is 0 Å². The van der Waals surface area contributed by atoms with E-state index in [-0.39, 0.29) is 5.75 Å². The number of carbonyl (C=O) groups excluding carboxylic acids is 3. The molecule has 0 fully saturated rings. The molecule has 0 aliphatic carbocycles. The lowest BCUT2D eigenvalue weighted by Crippen LogP contribution is -2.55. The number of amides is 4. The third-order valence-electron chi connectivity index (χ3n) is 2.87. The molecule has 1 aromatic carbocycles. The van der Waals surface area contributed by atoms with Gasteiger partial charge in [-0.1, -0.05) is 6.07 Å². The lowest BCUT2D eigenvalue weighted by molar-refractivity contribution is -0.128. The SMILES string of the molecule is COc1ccc([C@H](C)NC(=O)NC(C(N)=O)C(N)=O)cc1F. The van der Waals surface area contributed by atoms with E-state index >= 15 is 0 Å². The van der Waals surface area contributed by atoms with Gasteiger partial charge >= 0.3 is 6.03 Å². The molecule has 0 aliphatic heterocycles. The highest BCUT2D eigenvalue weighted by Gasteiger charge is 2.24. The number of methoxy groups -OCH3 is 1. The fraction of sp³-hybridized carbons (Fsp3) is 0.308. The van der Waals surface area contributed by atoms with Crippen molar-refractivity contribution in [2.45, 2.75) is 19.0 Å². The summed E-state index contributed by atoms with van der Waals surface area (Å²) in [6.07, 6.45) is 0. The predicted molar refractivity (Wildman–Crippen MR) is 75.2 cm³/mol. The number of primary amides is 2. The Bertz CT molecular complexity index is 579. The molecule has 0 saturated carbocycles. The first-order chi connectivity index (χ1) is 10.3. The summed E-state index contributed by atoms with van der Waals surface area (Å²) in [6.45, 7) is 1.59. The zero-order chi connectivity index (χ0) is 16.9. The maximum absolute atomic E-state index is 13.6. The number of hydrogen-bond donors (Lipinski definition) is 4. The van der Waals surface area contributed by atoms with Gasteiger partial charge in [-0.15, -0.1) is 0 Å². The average Bonchev–Trinajstić information content (AvgIpc) is 2.43. The number of benzene rings is 1. The van der Waals surface area contributed by atoms with Crippen LogP contribution in [-0.4, -0.2) is 31.0 Å². The molecule has 0 heterocycles. The summed E-state index contributed by atoms with van der Waals surface area (Å²) in [5, 5.41) is 4.46. The van der Waals surface area contributed by atoms with Crippen LogP contribution in [0.3, 0.4) is 0 Å². The Morgan fingerprint density at radius 3 is 2.23 bits per heavy atom. The minimum absolute atomic E-state index is 0.0722. The molecule has 9 heteroatoms. The third kappa shape index (κ3) is 4.33. The summed E-state index contributed by atoms with van der Waals surface area (Å²) in [5.74, 6) is -2.67. The summed E-state index contributed by atoms with van der Waals surface area (Å²) in [7, 11) is 1.33. The van der Waals surface area contributed by atoms with E-state index in [0.717, 1.165) is 0 Å². The molecule has 0 aromatic heterocycles. The van der Waals surface area contributed by atoms with Crippen molar-refractivity contribution in [3.8, 4) is 5.75 Å². The predicted octanol–water partition coefficient (Wildman–Crippen LogP) is -0.466. The molecule has 8 nitrogen and oxygen atoms in total. The van der Waals surface area contributed by atoms with Crippen LogP contribution < -0.4 is 26.8 Å². The maximum Gasteiger partial charge on any atom is 0.316 e. The van der Waals surface area contributed by atoms with E-state index in [4.69, 9.17) is 16.2 Å². The first kappa shape index (κ1) is 17.2. The fourth-order valence-electron chi connectivity index (χ4n) is 1.69. The lowest BCUT2D eigenvalue weighted by atomic mass is 10.1. The summed E-state index contributed by atoms with van der Waals surface area (Å²) in [6, 6.07) is 1.11. The topological polar surface area (TPSA) is 137 Å². The van der Waals surface area contributed by atoms with Crippen molar-refractivity contribution >= 4 is 17.8 Å². The molecule has 0 bridgehead atoms. The molecule has 0 saturated heterocycles. The van der Waals surface area contributed by atoms with Crippen molar-refractivity contribution in [3.05, 3.63) is 29.6 Å². The molecular weight excluding hydrogens is 295 g/mol. The number of hydrogen-bond acceptors (Lipinski definition) is 4. The normalized spacial score (nSPS) is 11.6. The molecule has 1 atom stereocenters. The number of urea groups is 1. The molecule has 0 aliphatic rings.